The molecule has 1 unspecified atom stereocenters. The fourth-order valence-corrected chi connectivity index (χ4v) is 8.69. The molecule has 1 aromatic carbocycles. The lowest BCUT2D eigenvalue weighted by atomic mass is 10.1. The maximum atomic E-state index is 6.60. The minimum Gasteiger partial charge on any atom is -0.382 e. The van der Waals surface area contributed by atoms with Gasteiger partial charge in [-0.05, 0) is 37.0 Å². The quantitative estimate of drug-likeness (QED) is 0.197. The summed E-state index contributed by atoms with van der Waals surface area (Å²) in [4.78, 5) is 0. The Morgan fingerprint density at radius 2 is 1.46 bits per heavy atom. The molecule has 1 nitrogen and oxygen atoms in total. The van der Waals surface area contributed by atoms with Crippen molar-refractivity contribution in [2.75, 3.05) is 6.61 Å². The van der Waals surface area contributed by atoms with Gasteiger partial charge in [0.15, 0.2) is 0 Å². The molecule has 0 spiro atoms. The molecule has 0 heterocycles. The molecule has 1 atom stereocenters. The van der Waals surface area contributed by atoms with Crippen LogP contribution in [0.5, 0.6) is 0 Å². The van der Waals surface area contributed by atoms with Crippen molar-refractivity contribution < 1.29 is 4.74 Å². The van der Waals surface area contributed by atoms with Crippen LogP contribution in [0.15, 0.2) is 28.7 Å². The molecule has 0 N–H and O–H groups in total. The van der Waals surface area contributed by atoms with E-state index in [1.165, 1.54) is 62.6 Å². The highest BCUT2D eigenvalue weighted by atomic mass is 79.9. The lowest BCUT2D eigenvalue weighted by Gasteiger charge is -2.36. The summed E-state index contributed by atoms with van der Waals surface area (Å²) in [6.45, 7) is 10.5. The maximum absolute atomic E-state index is 6.60. The van der Waals surface area contributed by atoms with Gasteiger partial charge >= 0.3 is 0 Å². The molecule has 0 radical (unpaired) electrons. The van der Waals surface area contributed by atoms with Crippen molar-refractivity contribution in [2.24, 2.45) is 0 Å². The Bertz CT molecular complexity index is 452. The number of halogens is 1. The Labute approximate surface area is 172 Å². The van der Waals surface area contributed by atoms with Gasteiger partial charge in [0.05, 0.1) is 8.07 Å². The second-order valence-electron chi connectivity index (χ2n) is 8.09. The molecule has 0 amide bonds. The van der Waals surface area contributed by atoms with Gasteiger partial charge in [-0.15, -0.1) is 0 Å². The van der Waals surface area contributed by atoms with Crippen molar-refractivity contribution in [1.29, 1.82) is 0 Å². The van der Waals surface area contributed by atoms with E-state index in [2.05, 4.69) is 67.5 Å². The molecule has 3 heteroatoms. The highest BCUT2D eigenvalue weighted by Gasteiger charge is 2.35. The molecule has 0 aromatic heterocycles. The largest absolute Gasteiger partial charge is 0.382 e. The Kier molecular flexibility index (Phi) is 12.8. The van der Waals surface area contributed by atoms with E-state index in [0.717, 1.165) is 23.9 Å². The first-order chi connectivity index (χ1) is 12.6. The Hall–Kier alpha value is -0.123. The predicted octanol–water partition coefficient (Wildman–Crippen LogP) is 8.18. The van der Waals surface area contributed by atoms with E-state index in [-0.39, 0.29) is 0 Å². The number of unbranched alkanes of at least 4 members (excludes halogenated alkanes) is 3. The Morgan fingerprint density at radius 1 is 0.885 bits per heavy atom. The molecular weight excluding hydrogens is 400 g/mol. The van der Waals surface area contributed by atoms with Crippen LogP contribution < -0.4 is 0 Å². The van der Waals surface area contributed by atoms with E-state index in [1.807, 2.05) is 0 Å². The monoisotopic (exact) mass is 440 g/mol. The number of aryl methyl sites for hydroxylation is 1. The first-order valence-corrected chi connectivity index (χ1v) is 14.7. The maximum Gasteiger partial charge on any atom is 0.0846 e. The molecule has 0 aliphatic carbocycles. The van der Waals surface area contributed by atoms with Crippen LogP contribution in [0, 0.1) is 0 Å². The average Bonchev–Trinajstić information content (AvgIpc) is 2.65. The molecule has 0 fully saturated rings. The van der Waals surface area contributed by atoms with Crippen molar-refractivity contribution in [3.8, 4) is 0 Å². The minimum atomic E-state index is -1.32. The number of hydrogen-bond acceptors (Lipinski definition) is 1. The summed E-state index contributed by atoms with van der Waals surface area (Å²) in [5.74, 6) is 0. The highest BCUT2D eigenvalue weighted by molar-refractivity contribution is 9.10. The molecule has 1 aromatic rings. The zero-order valence-corrected chi connectivity index (χ0v) is 20.2. The first-order valence-electron chi connectivity index (χ1n) is 10.9. The molecule has 0 aliphatic heterocycles. The first kappa shape index (κ1) is 23.9. The minimum absolute atomic E-state index is 0.561. The number of benzene rings is 1. The summed E-state index contributed by atoms with van der Waals surface area (Å²) in [6, 6.07) is 11.6. The summed E-state index contributed by atoms with van der Waals surface area (Å²) in [6.07, 6.45) is 11.5. The third-order valence-corrected chi connectivity index (χ3v) is 11.2. The van der Waals surface area contributed by atoms with Gasteiger partial charge in [0, 0.05) is 16.8 Å². The normalized spacial score (nSPS) is 13.1. The van der Waals surface area contributed by atoms with Gasteiger partial charge in [-0.2, -0.15) is 0 Å². The third kappa shape index (κ3) is 9.19. The molecule has 0 bridgehead atoms. The zero-order chi connectivity index (χ0) is 19.3. The average molecular weight is 442 g/mol. The lowest BCUT2D eigenvalue weighted by molar-refractivity contribution is 0.0889. The second-order valence-corrected chi connectivity index (χ2v) is 14.0. The molecule has 1 rings (SSSR count). The van der Waals surface area contributed by atoms with E-state index in [9.17, 15) is 0 Å². The van der Waals surface area contributed by atoms with Crippen LogP contribution in [0.4, 0.5) is 0 Å². The van der Waals surface area contributed by atoms with Gasteiger partial charge in [-0.3, -0.25) is 0 Å². The van der Waals surface area contributed by atoms with Crippen molar-refractivity contribution >= 4 is 24.0 Å². The van der Waals surface area contributed by atoms with Crippen LogP contribution in [0.25, 0.3) is 0 Å². The molecule has 0 saturated heterocycles. The van der Waals surface area contributed by atoms with Gasteiger partial charge < -0.3 is 4.74 Å². The number of hydrogen-bond donors (Lipinski definition) is 0. The predicted molar refractivity (Wildman–Crippen MR) is 123 cm³/mol. The van der Waals surface area contributed by atoms with Crippen LogP contribution in [0.3, 0.4) is 0 Å². The standard InChI is InChI=1S/C23H41BrOSi/c1-5-8-13-23(26(4,19-9-6-2)20-10-7-3)25-18-11-12-21-14-16-22(24)17-15-21/h14-17,23H,5-13,18-20H2,1-4H3. The second kappa shape index (κ2) is 14.0. The van der Waals surface area contributed by atoms with Crippen molar-refractivity contribution in [2.45, 2.75) is 103 Å². The van der Waals surface area contributed by atoms with Crippen LogP contribution in [0.2, 0.25) is 18.6 Å². The van der Waals surface area contributed by atoms with Gasteiger partial charge in [-0.1, -0.05) is 106 Å². The molecular formula is C23H41BrOSi. The van der Waals surface area contributed by atoms with Crippen LogP contribution in [-0.4, -0.2) is 20.4 Å². The molecule has 0 saturated carbocycles. The fourth-order valence-electron chi connectivity index (χ4n) is 3.78. The molecule has 26 heavy (non-hydrogen) atoms. The van der Waals surface area contributed by atoms with E-state index < -0.39 is 8.07 Å². The van der Waals surface area contributed by atoms with Gasteiger partial charge in [0.25, 0.3) is 0 Å². The van der Waals surface area contributed by atoms with Crippen LogP contribution in [-0.2, 0) is 11.2 Å². The smallest absolute Gasteiger partial charge is 0.0846 e. The van der Waals surface area contributed by atoms with Gasteiger partial charge in [0.1, 0.15) is 0 Å². The summed E-state index contributed by atoms with van der Waals surface area (Å²) in [5.41, 5.74) is 1.98. The van der Waals surface area contributed by atoms with Crippen molar-refractivity contribution in [1.82, 2.24) is 0 Å². The Morgan fingerprint density at radius 3 is 2.00 bits per heavy atom. The fraction of sp³-hybridized carbons (Fsp3) is 0.739. The summed E-state index contributed by atoms with van der Waals surface area (Å²) in [5, 5.41) is 0. The van der Waals surface area contributed by atoms with Crippen LogP contribution >= 0.6 is 15.9 Å². The SMILES string of the molecule is CCCCC(OCCCc1ccc(Br)cc1)[Si](C)(CCCC)CCCC. The number of rotatable bonds is 15. The van der Waals surface area contributed by atoms with E-state index >= 15 is 0 Å². The Balaban J connectivity index is 2.59. The van der Waals surface area contributed by atoms with Crippen molar-refractivity contribution in [3.63, 3.8) is 0 Å². The van der Waals surface area contributed by atoms with Crippen LogP contribution in [0.1, 0.15) is 77.7 Å². The van der Waals surface area contributed by atoms with E-state index in [0.29, 0.717) is 5.73 Å². The lowest BCUT2D eigenvalue weighted by Crippen LogP contribution is -2.46. The summed E-state index contributed by atoms with van der Waals surface area (Å²) in [7, 11) is -1.32. The topological polar surface area (TPSA) is 9.23 Å². The molecule has 0 aliphatic rings. The van der Waals surface area contributed by atoms with E-state index in [1.54, 1.807) is 0 Å². The zero-order valence-electron chi connectivity index (χ0n) is 17.7. The van der Waals surface area contributed by atoms with Gasteiger partial charge in [-0.25, -0.2) is 0 Å². The number of ether oxygens (including phenoxy) is 1. The summed E-state index contributed by atoms with van der Waals surface area (Å²) >= 11 is 3.51. The molecule has 150 valence electrons. The van der Waals surface area contributed by atoms with Crippen molar-refractivity contribution in [3.05, 3.63) is 34.3 Å². The van der Waals surface area contributed by atoms with Gasteiger partial charge in [0.2, 0.25) is 0 Å². The third-order valence-electron chi connectivity index (χ3n) is 5.64. The summed E-state index contributed by atoms with van der Waals surface area (Å²) < 4.78 is 7.76. The highest BCUT2D eigenvalue weighted by Crippen LogP contribution is 2.30. The van der Waals surface area contributed by atoms with E-state index in [4.69, 9.17) is 4.74 Å².